The molecule has 1 saturated carbocycles. The number of amides is 2. The van der Waals surface area contributed by atoms with Crippen LogP contribution in [0, 0.1) is 17.1 Å². The Hall–Kier alpha value is -4.75. The lowest BCUT2D eigenvalue weighted by Gasteiger charge is -2.21. The SMILES string of the molecule is CCCCCCOC(=O)N(C=N)c1cccc(-n2nc(C(F)(F)F)cc2C(=O)Nc2cc(C(NCC3CC3)c3ccccc3)ccc2F)c1.Cl. The number of ether oxygens (including phenoxy) is 1. The van der Waals surface area contributed by atoms with Crippen LogP contribution in [0.5, 0.6) is 0 Å². The molecule has 1 aliphatic rings. The van der Waals surface area contributed by atoms with Gasteiger partial charge in [-0.2, -0.15) is 18.3 Å². The first kappa shape index (κ1) is 38.1. The van der Waals surface area contributed by atoms with E-state index < -0.39 is 35.4 Å². The monoisotopic (exact) mass is 714 g/mol. The number of nitrogens with one attached hydrogen (secondary N) is 3. The maximum Gasteiger partial charge on any atom is 0.435 e. The van der Waals surface area contributed by atoms with Crippen molar-refractivity contribution in [2.75, 3.05) is 23.4 Å². The summed E-state index contributed by atoms with van der Waals surface area (Å²) in [5.41, 5.74) is -0.414. The van der Waals surface area contributed by atoms with Crippen molar-refractivity contribution >= 4 is 42.1 Å². The molecule has 1 aliphatic carbocycles. The number of anilines is 2. The van der Waals surface area contributed by atoms with Gasteiger partial charge in [-0.25, -0.2) is 18.8 Å². The van der Waals surface area contributed by atoms with E-state index in [1.165, 1.54) is 36.4 Å². The van der Waals surface area contributed by atoms with Crippen LogP contribution in [-0.2, 0) is 10.9 Å². The highest BCUT2D eigenvalue weighted by Gasteiger charge is 2.36. The smallest absolute Gasteiger partial charge is 0.435 e. The molecule has 0 bridgehead atoms. The number of halogens is 5. The molecule has 1 aromatic heterocycles. The predicted octanol–water partition coefficient (Wildman–Crippen LogP) is 8.92. The fourth-order valence-corrected chi connectivity index (χ4v) is 5.33. The molecule has 1 fully saturated rings. The van der Waals surface area contributed by atoms with Crippen molar-refractivity contribution in [2.45, 2.75) is 57.7 Å². The molecule has 5 rings (SSSR count). The Bertz CT molecular complexity index is 1760. The summed E-state index contributed by atoms with van der Waals surface area (Å²) in [7, 11) is 0. The Morgan fingerprint density at radius 1 is 1.02 bits per heavy atom. The lowest BCUT2D eigenvalue weighted by atomic mass is 9.97. The number of hydrogen-bond acceptors (Lipinski definition) is 6. The Balaban J connectivity index is 0.00000562. The van der Waals surface area contributed by atoms with Crippen LogP contribution in [0.1, 0.15) is 78.8 Å². The molecule has 0 spiro atoms. The third-order valence-corrected chi connectivity index (χ3v) is 8.15. The van der Waals surface area contributed by atoms with Gasteiger partial charge in [0.05, 0.1) is 36.0 Å². The predicted molar refractivity (Wildman–Crippen MR) is 186 cm³/mol. The Labute approximate surface area is 293 Å². The average Bonchev–Trinajstić information content (AvgIpc) is 3.80. The normalized spacial score (nSPS) is 13.2. The minimum Gasteiger partial charge on any atom is -0.449 e. The molecule has 1 unspecified atom stereocenters. The summed E-state index contributed by atoms with van der Waals surface area (Å²) in [6.07, 6.45) is 0.734. The number of unbranched alkanes of at least 4 members (excludes halogenated alkanes) is 3. The van der Waals surface area contributed by atoms with Gasteiger partial charge >= 0.3 is 12.3 Å². The van der Waals surface area contributed by atoms with Crippen molar-refractivity contribution in [3.05, 3.63) is 107 Å². The molecular weight excluding hydrogens is 676 g/mol. The Morgan fingerprint density at radius 3 is 2.46 bits per heavy atom. The number of rotatable bonds is 15. The van der Waals surface area contributed by atoms with E-state index >= 15 is 4.39 Å². The molecule has 1 heterocycles. The Morgan fingerprint density at radius 2 is 1.78 bits per heavy atom. The summed E-state index contributed by atoms with van der Waals surface area (Å²) in [4.78, 5) is 27.2. The number of benzene rings is 3. The fourth-order valence-electron chi connectivity index (χ4n) is 5.33. The summed E-state index contributed by atoms with van der Waals surface area (Å²) in [6, 6.07) is 19.7. The molecule has 2 amide bonds. The highest BCUT2D eigenvalue weighted by atomic mass is 35.5. The van der Waals surface area contributed by atoms with Crippen LogP contribution < -0.4 is 15.5 Å². The van der Waals surface area contributed by atoms with Crippen LogP contribution in [0.25, 0.3) is 5.69 Å². The zero-order valence-electron chi connectivity index (χ0n) is 27.4. The van der Waals surface area contributed by atoms with Crippen LogP contribution in [0.15, 0.2) is 78.9 Å². The van der Waals surface area contributed by atoms with Crippen LogP contribution >= 0.6 is 12.4 Å². The van der Waals surface area contributed by atoms with E-state index in [9.17, 15) is 22.8 Å². The summed E-state index contributed by atoms with van der Waals surface area (Å²) < 4.78 is 62.8. The maximum atomic E-state index is 15.2. The molecule has 0 aliphatic heterocycles. The Kier molecular flexibility index (Phi) is 13.1. The van der Waals surface area contributed by atoms with Gasteiger partial charge in [-0.3, -0.25) is 10.2 Å². The third-order valence-electron chi connectivity index (χ3n) is 8.15. The summed E-state index contributed by atoms with van der Waals surface area (Å²) >= 11 is 0. The van der Waals surface area contributed by atoms with Gasteiger partial charge in [-0.15, -0.1) is 12.4 Å². The lowest BCUT2D eigenvalue weighted by molar-refractivity contribution is -0.141. The van der Waals surface area contributed by atoms with E-state index in [1.54, 1.807) is 6.07 Å². The van der Waals surface area contributed by atoms with Crippen molar-refractivity contribution in [1.29, 1.82) is 5.41 Å². The van der Waals surface area contributed by atoms with Gasteiger partial charge in [-0.1, -0.05) is 68.7 Å². The average molecular weight is 715 g/mol. The summed E-state index contributed by atoms with van der Waals surface area (Å²) in [5.74, 6) is -1.26. The zero-order valence-corrected chi connectivity index (χ0v) is 28.2. The molecule has 266 valence electrons. The summed E-state index contributed by atoms with van der Waals surface area (Å²) in [5, 5.41) is 17.4. The fraction of sp³-hybridized carbons (Fsp3) is 0.333. The van der Waals surface area contributed by atoms with Gasteiger partial charge in [0, 0.05) is 6.07 Å². The largest absolute Gasteiger partial charge is 0.449 e. The van der Waals surface area contributed by atoms with Gasteiger partial charge < -0.3 is 15.4 Å². The first-order chi connectivity index (χ1) is 23.6. The second-order valence-corrected chi connectivity index (χ2v) is 11.9. The van der Waals surface area contributed by atoms with E-state index in [0.29, 0.717) is 24.0 Å². The van der Waals surface area contributed by atoms with Crippen molar-refractivity contribution in [3.8, 4) is 5.69 Å². The molecule has 3 N–H and O–H groups in total. The molecule has 14 heteroatoms. The molecular formula is C36H39ClF4N6O3. The van der Waals surface area contributed by atoms with E-state index in [2.05, 4.69) is 15.7 Å². The number of carbonyl (C=O) groups excluding carboxylic acids is 2. The van der Waals surface area contributed by atoms with Gasteiger partial charge in [0.15, 0.2) is 5.69 Å². The van der Waals surface area contributed by atoms with Crippen LogP contribution in [0.4, 0.5) is 33.7 Å². The molecule has 0 radical (unpaired) electrons. The van der Waals surface area contributed by atoms with Gasteiger partial charge in [0.1, 0.15) is 11.5 Å². The first-order valence-electron chi connectivity index (χ1n) is 16.2. The second-order valence-electron chi connectivity index (χ2n) is 11.9. The van der Waals surface area contributed by atoms with Gasteiger partial charge in [0.25, 0.3) is 5.91 Å². The zero-order chi connectivity index (χ0) is 35.0. The van der Waals surface area contributed by atoms with Crippen LogP contribution in [0.2, 0.25) is 0 Å². The number of alkyl halides is 3. The molecule has 3 aromatic carbocycles. The second kappa shape index (κ2) is 17.3. The highest BCUT2D eigenvalue weighted by molar-refractivity contribution is 6.05. The minimum absolute atomic E-state index is 0. The molecule has 50 heavy (non-hydrogen) atoms. The summed E-state index contributed by atoms with van der Waals surface area (Å²) in [6.45, 7) is 2.94. The molecule has 0 saturated heterocycles. The van der Waals surface area contributed by atoms with Crippen molar-refractivity contribution in [2.24, 2.45) is 5.92 Å². The van der Waals surface area contributed by atoms with Gasteiger partial charge in [-0.05, 0) is 73.2 Å². The highest BCUT2D eigenvalue weighted by Crippen LogP contribution is 2.33. The van der Waals surface area contributed by atoms with E-state index in [1.807, 2.05) is 37.3 Å². The van der Waals surface area contributed by atoms with E-state index in [4.69, 9.17) is 10.1 Å². The van der Waals surface area contributed by atoms with Gasteiger partial charge in [0.2, 0.25) is 0 Å². The van der Waals surface area contributed by atoms with E-state index in [0.717, 1.165) is 60.1 Å². The number of carbonyl (C=O) groups is 2. The molecule has 9 nitrogen and oxygen atoms in total. The quantitative estimate of drug-likeness (QED) is 0.0493. The van der Waals surface area contributed by atoms with Crippen molar-refractivity contribution in [3.63, 3.8) is 0 Å². The van der Waals surface area contributed by atoms with Crippen LogP contribution in [-0.4, -0.2) is 41.3 Å². The van der Waals surface area contributed by atoms with E-state index in [-0.39, 0.29) is 42.1 Å². The third kappa shape index (κ3) is 9.69. The van der Waals surface area contributed by atoms with Crippen molar-refractivity contribution in [1.82, 2.24) is 15.1 Å². The lowest BCUT2D eigenvalue weighted by Crippen LogP contribution is -2.30. The molecule has 4 aromatic rings. The molecule has 1 atom stereocenters. The topological polar surface area (TPSA) is 112 Å². The maximum absolute atomic E-state index is 15.2. The first-order valence-corrected chi connectivity index (χ1v) is 16.2. The standard InChI is InChI=1S/C36H38F4N6O3.ClH/c1-2-3-4-8-18-49-35(48)45(23-41)27-12-9-13-28(20-27)46-31(21-32(44-46)36(38,39)40)34(47)43-30-19-26(16-17-29(30)37)33(42-22-24-14-15-24)25-10-6-5-7-11-25;/h5-7,9-13,16-17,19-21,23-24,33,41-42H,2-4,8,14-15,18,22H2,1H3,(H,43,47);1H. The number of aromatic nitrogens is 2. The number of nitrogens with zero attached hydrogens (tertiary/aromatic N) is 3. The minimum atomic E-state index is -4.90. The van der Waals surface area contributed by atoms with Crippen molar-refractivity contribution < 1.29 is 31.9 Å². The van der Waals surface area contributed by atoms with Crippen LogP contribution in [0.3, 0.4) is 0 Å². The number of hydrogen-bond donors (Lipinski definition) is 3.